The fourth-order valence-corrected chi connectivity index (χ4v) is 2.37. The van der Waals surface area contributed by atoms with E-state index in [1.54, 1.807) is 12.4 Å². The molecular weight excluding hydrogens is 256 g/mol. The molecule has 0 amide bonds. The third-order valence-corrected chi connectivity index (χ3v) is 3.47. The molecule has 0 saturated heterocycles. The minimum absolute atomic E-state index is 0.271. The topological polar surface area (TPSA) is 63.8 Å². The van der Waals surface area contributed by atoms with Gasteiger partial charge in [0.15, 0.2) is 5.82 Å². The third-order valence-electron chi connectivity index (χ3n) is 3.27. The molecule has 4 nitrogen and oxygen atoms in total. The van der Waals surface area contributed by atoms with Crippen LogP contribution in [0.3, 0.4) is 0 Å². The van der Waals surface area contributed by atoms with Crippen molar-refractivity contribution in [1.29, 1.82) is 0 Å². The lowest BCUT2D eigenvalue weighted by Gasteiger charge is -2.08. The molecule has 0 aliphatic heterocycles. The predicted octanol–water partition coefficient (Wildman–Crippen LogP) is 2.08. The van der Waals surface area contributed by atoms with Crippen LogP contribution in [-0.2, 0) is 0 Å². The van der Waals surface area contributed by atoms with Crippen molar-refractivity contribution < 1.29 is 0 Å². The molecule has 5 heteroatoms. The summed E-state index contributed by atoms with van der Waals surface area (Å²) < 4.78 is 0. The molecule has 1 heterocycles. The van der Waals surface area contributed by atoms with Gasteiger partial charge in [-0.2, -0.15) is 0 Å². The predicted molar refractivity (Wildman–Crippen MR) is 79.1 cm³/mol. The van der Waals surface area contributed by atoms with Crippen LogP contribution in [0.2, 0.25) is 0 Å². The van der Waals surface area contributed by atoms with Gasteiger partial charge >= 0.3 is 0 Å². The zero-order valence-electron chi connectivity index (χ0n) is 10.3. The lowest BCUT2D eigenvalue weighted by molar-refractivity contribution is 1.02. The van der Waals surface area contributed by atoms with E-state index in [9.17, 15) is 0 Å². The third kappa shape index (κ3) is 2.56. The van der Waals surface area contributed by atoms with Crippen molar-refractivity contribution >= 4 is 23.0 Å². The summed E-state index contributed by atoms with van der Waals surface area (Å²) in [5, 5.41) is 3.37. The first-order valence-corrected chi connectivity index (χ1v) is 6.59. The molecule has 0 spiro atoms. The van der Waals surface area contributed by atoms with Gasteiger partial charge in [-0.05, 0) is 12.0 Å². The quantitative estimate of drug-likeness (QED) is 0.833. The van der Waals surface area contributed by atoms with Gasteiger partial charge in [-0.3, -0.25) is 0 Å². The van der Waals surface area contributed by atoms with Crippen molar-refractivity contribution in [1.82, 2.24) is 9.97 Å². The molecular formula is C14H14N4S. The number of anilines is 1. The first kappa shape index (κ1) is 12.0. The number of hydrogen-bond acceptors (Lipinski definition) is 4. The number of nitrogens with one attached hydrogen (secondary N) is 1. The first-order chi connectivity index (χ1) is 9.25. The maximum absolute atomic E-state index is 5.65. The average molecular weight is 270 g/mol. The normalized spacial score (nSPS) is 20.8. The molecule has 0 bridgehead atoms. The van der Waals surface area contributed by atoms with Gasteiger partial charge in [-0.15, -0.1) is 0 Å². The Labute approximate surface area is 117 Å². The molecule has 19 heavy (non-hydrogen) atoms. The molecule has 96 valence electrons. The van der Waals surface area contributed by atoms with Gasteiger partial charge in [0.1, 0.15) is 10.7 Å². The van der Waals surface area contributed by atoms with Crippen LogP contribution in [0.1, 0.15) is 23.6 Å². The fourth-order valence-electron chi connectivity index (χ4n) is 2.22. The van der Waals surface area contributed by atoms with E-state index in [0.717, 1.165) is 6.42 Å². The Bertz CT molecular complexity index is 599. The summed E-state index contributed by atoms with van der Waals surface area (Å²) in [6.07, 6.45) is 4.34. The number of thiocarbonyl (C=S) groups is 1. The fraction of sp³-hybridized carbons (Fsp3) is 0.214. The van der Waals surface area contributed by atoms with Crippen LogP contribution < -0.4 is 11.1 Å². The largest absolute Gasteiger partial charge is 0.388 e. The summed E-state index contributed by atoms with van der Waals surface area (Å²) in [4.78, 5) is 8.70. The smallest absolute Gasteiger partial charge is 0.155 e. The molecule has 2 atom stereocenters. The highest BCUT2D eigenvalue weighted by Crippen LogP contribution is 2.42. The molecule has 3 N–H and O–H groups in total. The molecule has 3 rings (SSSR count). The molecule has 1 aliphatic rings. The van der Waals surface area contributed by atoms with Crippen LogP contribution in [-0.4, -0.2) is 21.0 Å². The molecule has 0 radical (unpaired) electrons. The van der Waals surface area contributed by atoms with Gasteiger partial charge in [-0.25, -0.2) is 9.97 Å². The van der Waals surface area contributed by atoms with Gasteiger partial charge in [0.25, 0.3) is 0 Å². The van der Waals surface area contributed by atoms with Gasteiger partial charge in [0.05, 0.1) is 0 Å². The molecule has 1 fully saturated rings. The minimum atomic E-state index is 0.271. The van der Waals surface area contributed by atoms with E-state index in [1.165, 1.54) is 5.56 Å². The van der Waals surface area contributed by atoms with Crippen LogP contribution in [0.25, 0.3) is 0 Å². The van der Waals surface area contributed by atoms with E-state index in [0.29, 0.717) is 23.5 Å². The van der Waals surface area contributed by atoms with Crippen LogP contribution in [0.4, 0.5) is 5.82 Å². The molecule has 1 aromatic carbocycles. The number of rotatable bonds is 4. The lowest BCUT2D eigenvalue weighted by Crippen LogP contribution is -2.17. The summed E-state index contributed by atoms with van der Waals surface area (Å²) in [5.41, 5.74) is 7.56. The average Bonchev–Trinajstić information content (AvgIpc) is 3.19. The number of aromatic nitrogens is 2. The summed E-state index contributed by atoms with van der Waals surface area (Å²) in [5.74, 6) is 1.21. The highest BCUT2D eigenvalue weighted by molar-refractivity contribution is 7.80. The van der Waals surface area contributed by atoms with Gasteiger partial charge in [0, 0.05) is 24.4 Å². The van der Waals surface area contributed by atoms with Crippen molar-refractivity contribution in [2.75, 3.05) is 5.32 Å². The SMILES string of the molecule is NC(=S)c1nccnc1NC1CC1c1ccccc1. The van der Waals surface area contributed by atoms with Crippen LogP contribution in [0.5, 0.6) is 0 Å². The second-order valence-corrected chi connectivity index (χ2v) is 5.06. The molecule has 1 aromatic heterocycles. The molecule has 2 unspecified atom stereocenters. The Kier molecular flexibility index (Phi) is 3.13. The molecule has 1 saturated carbocycles. The summed E-state index contributed by atoms with van der Waals surface area (Å²) in [6.45, 7) is 0. The standard InChI is InChI=1S/C14H14N4S/c15-13(19)12-14(17-7-6-16-12)18-11-8-10(11)9-4-2-1-3-5-9/h1-7,10-11H,8H2,(H2,15,19)(H,17,18). The van der Waals surface area contributed by atoms with Gasteiger partial charge in [0.2, 0.25) is 0 Å². The van der Waals surface area contributed by atoms with Gasteiger partial charge in [-0.1, -0.05) is 42.5 Å². The van der Waals surface area contributed by atoms with E-state index in [4.69, 9.17) is 18.0 Å². The number of benzene rings is 1. The zero-order valence-corrected chi connectivity index (χ0v) is 11.1. The monoisotopic (exact) mass is 270 g/mol. The second kappa shape index (κ2) is 4.93. The Balaban J connectivity index is 1.73. The lowest BCUT2D eigenvalue weighted by atomic mass is 10.1. The Morgan fingerprint density at radius 3 is 2.68 bits per heavy atom. The van der Waals surface area contributed by atoms with Crippen molar-refractivity contribution in [2.45, 2.75) is 18.4 Å². The Morgan fingerprint density at radius 1 is 1.21 bits per heavy atom. The Morgan fingerprint density at radius 2 is 1.95 bits per heavy atom. The van der Waals surface area contributed by atoms with E-state index in [-0.39, 0.29) is 4.99 Å². The van der Waals surface area contributed by atoms with Crippen molar-refractivity contribution in [3.63, 3.8) is 0 Å². The summed E-state index contributed by atoms with van der Waals surface area (Å²) in [7, 11) is 0. The maximum atomic E-state index is 5.65. The summed E-state index contributed by atoms with van der Waals surface area (Å²) >= 11 is 4.98. The van der Waals surface area contributed by atoms with Crippen molar-refractivity contribution in [3.05, 3.63) is 54.0 Å². The minimum Gasteiger partial charge on any atom is -0.388 e. The number of nitrogens with two attached hydrogens (primary N) is 1. The Hall–Kier alpha value is -2.01. The van der Waals surface area contributed by atoms with E-state index in [2.05, 4.69) is 39.6 Å². The van der Waals surface area contributed by atoms with E-state index in [1.807, 2.05) is 6.07 Å². The molecule has 1 aliphatic carbocycles. The van der Waals surface area contributed by atoms with Crippen LogP contribution in [0.15, 0.2) is 42.7 Å². The van der Waals surface area contributed by atoms with E-state index < -0.39 is 0 Å². The van der Waals surface area contributed by atoms with Gasteiger partial charge < -0.3 is 11.1 Å². The maximum Gasteiger partial charge on any atom is 0.155 e. The van der Waals surface area contributed by atoms with E-state index >= 15 is 0 Å². The first-order valence-electron chi connectivity index (χ1n) is 6.18. The summed E-state index contributed by atoms with van der Waals surface area (Å²) in [6, 6.07) is 10.8. The zero-order chi connectivity index (χ0) is 13.2. The van der Waals surface area contributed by atoms with Crippen molar-refractivity contribution in [3.8, 4) is 0 Å². The number of hydrogen-bond donors (Lipinski definition) is 2. The molecule has 2 aromatic rings. The highest BCUT2D eigenvalue weighted by atomic mass is 32.1. The van der Waals surface area contributed by atoms with Crippen LogP contribution in [0, 0.1) is 0 Å². The highest BCUT2D eigenvalue weighted by Gasteiger charge is 2.38. The number of nitrogens with zero attached hydrogens (tertiary/aromatic N) is 2. The second-order valence-electron chi connectivity index (χ2n) is 4.62. The van der Waals surface area contributed by atoms with Crippen LogP contribution >= 0.6 is 12.2 Å². The van der Waals surface area contributed by atoms with Crippen molar-refractivity contribution in [2.24, 2.45) is 5.73 Å².